The molecule has 7 heteroatoms. The number of hydrogen-bond acceptors (Lipinski definition) is 3. The number of nitrogens with one attached hydrogen (secondary N) is 1. The molecule has 4 nitrogen and oxygen atoms in total. The van der Waals surface area contributed by atoms with E-state index in [9.17, 15) is 9.59 Å². The Bertz CT molecular complexity index is 846. The molecule has 0 spiro atoms. The molecule has 0 fully saturated rings. The van der Waals surface area contributed by atoms with Crippen molar-refractivity contribution in [3.63, 3.8) is 0 Å². The standard InChI is InChI=1S/C23H28Cl2N2O2S/c1-4-21(23(29)26-16(2)3)27(13-18-10-11-19(24)20(25)12-18)22(28)15-30-14-17-8-6-5-7-9-17/h5-12,16,21H,4,13-15H2,1-3H3,(H,26,29)/t21-/m0/s1. The van der Waals surface area contributed by atoms with Gasteiger partial charge in [0.1, 0.15) is 6.04 Å². The molecule has 0 radical (unpaired) electrons. The zero-order chi connectivity index (χ0) is 22.1. The maximum absolute atomic E-state index is 13.1. The minimum Gasteiger partial charge on any atom is -0.352 e. The van der Waals surface area contributed by atoms with Gasteiger partial charge in [0.25, 0.3) is 0 Å². The molecule has 0 aliphatic heterocycles. The van der Waals surface area contributed by atoms with Crippen LogP contribution >= 0.6 is 35.0 Å². The summed E-state index contributed by atoms with van der Waals surface area (Å²) < 4.78 is 0. The van der Waals surface area contributed by atoms with Crippen molar-refractivity contribution in [3.05, 3.63) is 69.7 Å². The van der Waals surface area contributed by atoms with Crippen LogP contribution in [-0.2, 0) is 21.9 Å². The first kappa shape index (κ1) is 24.6. The van der Waals surface area contributed by atoms with Gasteiger partial charge in [0.15, 0.2) is 0 Å². The first-order chi connectivity index (χ1) is 14.3. The van der Waals surface area contributed by atoms with Crippen LogP contribution in [0.2, 0.25) is 10.0 Å². The monoisotopic (exact) mass is 466 g/mol. The van der Waals surface area contributed by atoms with Gasteiger partial charge in [-0.1, -0.05) is 66.5 Å². The summed E-state index contributed by atoms with van der Waals surface area (Å²) in [7, 11) is 0. The summed E-state index contributed by atoms with van der Waals surface area (Å²) in [6, 6.07) is 14.7. The van der Waals surface area contributed by atoms with Gasteiger partial charge in [-0.15, -0.1) is 11.8 Å². The minimum atomic E-state index is -0.549. The van der Waals surface area contributed by atoms with Gasteiger partial charge in [0, 0.05) is 18.3 Å². The molecule has 0 aliphatic carbocycles. The fourth-order valence-corrected chi connectivity index (χ4v) is 4.24. The summed E-state index contributed by atoms with van der Waals surface area (Å²) in [4.78, 5) is 27.6. The molecule has 2 aromatic rings. The highest BCUT2D eigenvalue weighted by Gasteiger charge is 2.29. The van der Waals surface area contributed by atoms with E-state index < -0.39 is 6.04 Å². The molecule has 1 N–H and O–H groups in total. The number of amides is 2. The van der Waals surface area contributed by atoms with E-state index in [1.165, 1.54) is 0 Å². The van der Waals surface area contributed by atoms with Crippen molar-refractivity contribution >= 4 is 46.8 Å². The predicted octanol–water partition coefficient (Wildman–Crippen LogP) is 5.56. The average Bonchev–Trinajstić information content (AvgIpc) is 2.70. The summed E-state index contributed by atoms with van der Waals surface area (Å²) in [5.74, 6) is 0.811. The molecule has 1 atom stereocenters. The largest absolute Gasteiger partial charge is 0.352 e. The number of thioether (sulfide) groups is 1. The van der Waals surface area contributed by atoms with Gasteiger partial charge in [-0.2, -0.15) is 0 Å². The number of carbonyl (C=O) groups is 2. The van der Waals surface area contributed by atoms with E-state index >= 15 is 0 Å². The van der Waals surface area contributed by atoms with Crippen LogP contribution in [-0.4, -0.2) is 34.6 Å². The van der Waals surface area contributed by atoms with Gasteiger partial charge >= 0.3 is 0 Å². The van der Waals surface area contributed by atoms with E-state index in [0.29, 0.717) is 28.8 Å². The Labute approximate surface area is 193 Å². The van der Waals surface area contributed by atoms with Gasteiger partial charge in [-0.3, -0.25) is 9.59 Å². The highest BCUT2D eigenvalue weighted by atomic mass is 35.5. The molecule has 162 valence electrons. The van der Waals surface area contributed by atoms with Gasteiger partial charge in [0.2, 0.25) is 11.8 Å². The topological polar surface area (TPSA) is 49.4 Å². The lowest BCUT2D eigenvalue weighted by Crippen LogP contribution is -2.50. The van der Waals surface area contributed by atoms with Crippen molar-refractivity contribution < 1.29 is 9.59 Å². The summed E-state index contributed by atoms with van der Waals surface area (Å²) >= 11 is 13.7. The highest BCUT2D eigenvalue weighted by molar-refractivity contribution is 7.99. The van der Waals surface area contributed by atoms with Crippen LogP contribution in [0.3, 0.4) is 0 Å². The zero-order valence-electron chi connectivity index (χ0n) is 17.5. The third-order valence-electron chi connectivity index (χ3n) is 4.49. The molecular formula is C23H28Cl2N2O2S. The quantitative estimate of drug-likeness (QED) is 0.498. The number of halogens is 2. The molecule has 0 saturated heterocycles. The van der Waals surface area contributed by atoms with Crippen molar-refractivity contribution in [1.82, 2.24) is 10.2 Å². The zero-order valence-corrected chi connectivity index (χ0v) is 19.9. The molecule has 0 aliphatic rings. The molecule has 2 amide bonds. The Hall–Kier alpha value is -1.69. The van der Waals surface area contributed by atoms with Crippen LogP contribution in [0.25, 0.3) is 0 Å². The fraction of sp³-hybridized carbons (Fsp3) is 0.391. The number of nitrogens with zero attached hydrogens (tertiary/aromatic N) is 1. The van der Waals surface area contributed by atoms with Crippen LogP contribution in [0.5, 0.6) is 0 Å². The summed E-state index contributed by atoms with van der Waals surface area (Å²) in [5, 5.41) is 3.82. The maximum Gasteiger partial charge on any atom is 0.243 e. The van der Waals surface area contributed by atoms with Crippen molar-refractivity contribution in [2.75, 3.05) is 5.75 Å². The maximum atomic E-state index is 13.1. The Morgan fingerprint density at radius 1 is 1.03 bits per heavy atom. The first-order valence-corrected chi connectivity index (χ1v) is 11.9. The van der Waals surface area contributed by atoms with E-state index in [-0.39, 0.29) is 17.9 Å². The van der Waals surface area contributed by atoms with Crippen molar-refractivity contribution in [2.45, 2.75) is 51.6 Å². The van der Waals surface area contributed by atoms with Crippen LogP contribution in [0.4, 0.5) is 0 Å². The lowest BCUT2D eigenvalue weighted by atomic mass is 10.1. The number of benzene rings is 2. The molecule has 2 aromatic carbocycles. The molecule has 0 bridgehead atoms. The highest BCUT2D eigenvalue weighted by Crippen LogP contribution is 2.24. The van der Waals surface area contributed by atoms with E-state index in [1.807, 2.05) is 57.2 Å². The smallest absolute Gasteiger partial charge is 0.243 e. The molecule has 0 unspecified atom stereocenters. The van der Waals surface area contributed by atoms with Crippen LogP contribution < -0.4 is 5.32 Å². The van der Waals surface area contributed by atoms with Crippen molar-refractivity contribution in [3.8, 4) is 0 Å². The third-order valence-corrected chi connectivity index (χ3v) is 6.22. The number of hydrogen-bond donors (Lipinski definition) is 1. The van der Waals surface area contributed by atoms with Gasteiger partial charge in [-0.05, 0) is 43.5 Å². The van der Waals surface area contributed by atoms with E-state index in [2.05, 4.69) is 5.32 Å². The minimum absolute atomic E-state index is 0.000865. The Morgan fingerprint density at radius 3 is 2.33 bits per heavy atom. The SMILES string of the molecule is CC[C@@H](C(=O)NC(C)C)N(Cc1ccc(Cl)c(Cl)c1)C(=O)CSCc1ccccc1. The van der Waals surface area contributed by atoms with Crippen LogP contribution in [0.1, 0.15) is 38.3 Å². The second kappa shape index (κ2) is 12.2. The van der Waals surface area contributed by atoms with Crippen LogP contribution in [0.15, 0.2) is 48.5 Å². The van der Waals surface area contributed by atoms with E-state index in [0.717, 1.165) is 16.9 Å². The average molecular weight is 467 g/mol. The molecule has 2 rings (SSSR count). The summed E-state index contributed by atoms with van der Waals surface area (Å²) in [6.45, 7) is 6.03. The Balaban J connectivity index is 2.16. The Kier molecular flexibility index (Phi) is 10.0. The van der Waals surface area contributed by atoms with Gasteiger partial charge in [-0.25, -0.2) is 0 Å². The molecule has 0 saturated carbocycles. The number of rotatable bonds is 10. The van der Waals surface area contributed by atoms with E-state index in [1.54, 1.807) is 28.8 Å². The van der Waals surface area contributed by atoms with E-state index in [4.69, 9.17) is 23.2 Å². The molecular weight excluding hydrogens is 439 g/mol. The third kappa shape index (κ3) is 7.53. The van der Waals surface area contributed by atoms with Crippen molar-refractivity contribution in [2.24, 2.45) is 0 Å². The normalized spacial score (nSPS) is 11.9. The van der Waals surface area contributed by atoms with Gasteiger partial charge in [0.05, 0.1) is 15.8 Å². The molecule has 0 aromatic heterocycles. The summed E-state index contributed by atoms with van der Waals surface area (Å²) in [6.07, 6.45) is 0.523. The van der Waals surface area contributed by atoms with Crippen LogP contribution in [0, 0.1) is 0 Å². The number of carbonyl (C=O) groups excluding carboxylic acids is 2. The van der Waals surface area contributed by atoms with Gasteiger partial charge < -0.3 is 10.2 Å². The Morgan fingerprint density at radius 2 is 1.73 bits per heavy atom. The lowest BCUT2D eigenvalue weighted by Gasteiger charge is -2.31. The predicted molar refractivity (Wildman–Crippen MR) is 127 cm³/mol. The van der Waals surface area contributed by atoms with Crippen molar-refractivity contribution in [1.29, 1.82) is 0 Å². The second-order valence-electron chi connectivity index (χ2n) is 7.34. The summed E-state index contributed by atoms with van der Waals surface area (Å²) in [5.41, 5.74) is 2.00. The second-order valence-corrected chi connectivity index (χ2v) is 9.14. The lowest BCUT2D eigenvalue weighted by molar-refractivity contribution is -0.139. The molecule has 0 heterocycles. The fourth-order valence-electron chi connectivity index (χ4n) is 3.05. The molecule has 30 heavy (non-hydrogen) atoms. The first-order valence-electron chi connectivity index (χ1n) is 9.97.